The van der Waals surface area contributed by atoms with Gasteiger partial charge in [-0.15, -0.1) is 0 Å². The molecule has 120 valence electrons. The molecule has 4 heteroatoms. The van der Waals surface area contributed by atoms with Crippen LogP contribution in [0.5, 0.6) is 0 Å². The Labute approximate surface area is 142 Å². The molecule has 3 rings (SSSR count). The largest absolute Gasteiger partial charge is 0.368 e. The van der Waals surface area contributed by atoms with Crippen molar-refractivity contribution in [3.8, 4) is 0 Å². The van der Waals surface area contributed by atoms with Crippen LogP contribution < -0.4 is 21.6 Å². The summed E-state index contributed by atoms with van der Waals surface area (Å²) in [6.07, 6.45) is 0. The van der Waals surface area contributed by atoms with E-state index in [0.717, 1.165) is 15.9 Å². The first kappa shape index (κ1) is 16.2. The standard InChI is InChI=1S/C20H19N2OP/c21-20(23)16-22-24(17-10-4-1-5-11-17,18-12-6-2-7-13-18)19-14-8-3-9-15-19/h1-15H,16H2,(H2,21,23). The molecule has 0 heterocycles. The molecule has 0 fully saturated rings. The highest BCUT2D eigenvalue weighted by Crippen LogP contribution is 2.46. The summed E-state index contributed by atoms with van der Waals surface area (Å²) in [5.41, 5.74) is 5.42. The van der Waals surface area contributed by atoms with Gasteiger partial charge in [-0.1, -0.05) is 91.0 Å². The molecule has 3 aromatic rings. The van der Waals surface area contributed by atoms with Gasteiger partial charge in [0.05, 0.1) is 7.05 Å². The van der Waals surface area contributed by atoms with Crippen molar-refractivity contribution in [3.05, 3.63) is 91.0 Å². The van der Waals surface area contributed by atoms with E-state index in [0.29, 0.717) is 0 Å². The van der Waals surface area contributed by atoms with Crippen LogP contribution in [0.15, 0.2) is 95.7 Å². The second kappa shape index (κ2) is 7.29. The number of rotatable bonds is 5. The minimum atomic E-state index is -2.28. The third-order valence-electron chi connectivity index (χ3n) is 3.83. The Morgan fingerprint density at radius 2 is 1.04 bits per heavy atom. The van der Waals surface area contributed by atoms with Crippen LogP contribution in [0, 0.1) is 0 Å². The highest BCUT2D eigenvalue weighted by atomic mass is 31.2. The molecule has 1 amide bonds. The maximum absolute atomic E-state index is 11.5. The van der Waals surface area contributed by atoms with Gasteiger partial charge >= 0.3 is 0 Å². The number of hydrogen-bond donors (Lipinski definition) is 1. The Kier molecular flexibility index (Phi) is 4.93. The zero-order valence-electron chi connectivity index (χ0n) is 13.2. The molecule has 0 spiro atoms. The molecule has 0 aromatic heterocycles. The predicted molar refractivity (Wildman–Crippen MR) is 102 cm³/mol. The topological polar surface area (TPSA) is 55.5 Å². The lowest BCUT2D eigenvalue weighted by molar-refractivity contribution is -0.116. The van der Waals surface area contributed by atoms with E-state index in [9.17, 15) is 4.79 Å². The summed E-state index contributed by atoms with van der Waals surface area (Å²) in [6, 6.07) is 30.5. The van der Waals surface area contributed by atoms with Crippen molar-refractivity contribution in [1.29, 1.82) is 0 Å². The van der Waals surface area contributed by atoms with Crippen LogP contribution in [0.4, 0.5) is 0 Å². The minimum absolute atomic E-state index is 0.00641. The molecule has 0 aliphatic rings. The highest BCUT2D eigenvalue weighted by molar-refractivity contribution is 7.87. The number of nitrogens with two attached hydrogens (primary N) is 1. The van der Waals surface area contributed by atoms with Crippen LogP contribution in [0.3, 0.4) is 0 Å². The van der Waals surface area contributed by atoms with Crippen molar-refractivity contribution < 1.29 is 4.79 Å². The first-order valence-corrected chi connectivity index (χ1v) is 9.51. The fourth-order valence-corrected chi connectivity index (χ4v) is 6.35. The van der Waals surface area contributed by atoms with Crippen molar-refractivity contribution in [1.82, 2.24) is 0 Å². The van der Waals surface area contributed by atoms with E-state index in [1.54, 1.807) is 0 Å². The second-order valence-electron chi connectivity index (χ2n) is 5.41. The third-order valence-corrected chi connectivity index (χ3v) is 7.53. The van der Waals surface area contributed by atoms with Gasteiger partial charge in [0.15, 0.2) is 0 Å². The molecule has 3 aromatic carbocycles. The SMILES string of the molecule is NC(=O)CN=P(c1ccccc1)(c1ccccc1)c1ccccc1. The van der Waals surface area contributed by atoms with Gasteiger partial charge < -0.3 is 5.73 Å². The fraction of sp³-hybridized carbons (Fsp3) is 0.0500. The van der Waals surface area contributed by atoms with Crippen molar-refractivity contribution in [2.75, 3.05) is 6.54 Å². The maximum atomic E-state index is 11.5. The Bertz CT molecular complexity index is 758. The van der Waals surface area contributed by atoms with Gasteiger partial charge in [-0.3, -0.25) is 9.54 Å². The molecule has 0 bridgehead atoms. The second-order valence-corrected chi connectivity index (χ2v) is 8.51. The van der Waals surface area contributed by atoms with Crippen molar-refractivity contribution in [2.45, 2.75) is 0 Å². The lowest BCUT2D eigenvalue weighted by Gasteiger charge is -2.26. The summed E-state index contributed by atoms with van der Waals surface area (Å²) < 4.78 is 4.90. The average Bonchev–Trinajstić information content (AvgIpc) is 2.65. The third kappa shape index (κ3) is 3.17. The molecule has 0 saturated heterocycles. The molecule has 2 N–H and O–H groups in total. The van der Waals surface area contributed by atoms with Crippen LogP contribution >= 0.6 is 7.05 Å². The number of carbonyl (C=O) groups is 1. The molecule has 0 aliphatic carbocycles. The van der Waals surface area contributed by atoms with Crippen LogP contribution in [0.25, 0.3) is 0 Å². The lowest BCUT2D eigenvalue weighted by atomic mass is 10.4. The van der Waals surface area contributed by atoms with E-state index in [4.69, 9.17) is 10.5 Å². The predicted octanol–water partition coefficient (Wildman–Crippen LogP) is 2.65. The monoisotopic (exact) mass is 334 g/mol. The summed E-state index contributed by atoms with van der Waals surface area (Å²) in [7, 11) is -2.28. The number of benzene rings is 3. The van der Waals surface area contributed by atoms with Crippen LogP contribution in [0.2, 0.25) is 0 Å². The summed E-state index contributed by atoms with van der Waals surface area (Å²) in [5.74, 6) is -0.415. The molecule has 24 heavy (non-hydrogen) atoms. The number of hydrogen-bond acceptors (Lipinski definition) is 2. The van der Waals surface area contributed by atoms with Crippen LogP contribution in [0.1, 0.15) is 0 Å². The number of carbonyl (C=O) groups excluding carboxylic acids is 1. The Hall–Kier alpha value is -2.64. The summed E-state index contributed by atoms with van der Waals surface area (Å²) in [4.78, 5) is 11.5. The van der Waals surface area contributed by atoms with E-state index < -0.39 is 13.0 Å². The van der Waals surface area contributed by atoms with E-state index >= 15 is 0 Å². The van der Waals surface area contributed by atoms with E-state index in [2.05, 4.69) is 36.4 Å². The first-order chi connectivity index (χ1) is 11.7. The molecule has 0 unspecified atom stereocenters. The molecule has 3 nitrogen and oxygen atoms in total. The Morgan fingerprint density at radius 3 is 1.33 bits per heavy atom. The molecule has 0 saturated carbocycles. The van der Waals surface area contributed by atoms with Gasteiger partial charge in [-0.2, -0.15) is 0 Å². The summed E-state index contributed by atoms with van der Waals surface area (Å²) in [6.45, 7) is 0.00641. The van der Waals surface area contributed by atoms with Gasteiger partial charge in [0.1, 0.15) is 6.54 Å². The summed E-state index contributed by atoms with van der Waals surface area (Å²) in [5, 5.41) is 3.34. The number of primary amides is 1. The van der Waals surface area contributed by atoms with Gasteiger partial charge in [-0.05, 0) is 0 Å². The quantitative estimate of drug-likeness (QED) is 0.717. The van der Waals surface area contributed by atoms with Gasteiger partial charge in [0.25, 0.3) is 0 Å². The minimum Gasteiger partial charge on any atom is -0.368 e. The number of nitrogens with zero attached hydrogens (tertiary/aromatic N) is 1. The van der Waals surface area contributed by atoms with Crippen LogP contribution in [-0.4, -0.2) is 12.5 Å². The Balaban J connectivity index is 2.37. The molecule has 0 atom stereocenters. The van der Waals surface area contributed by atoms with Crippen molar-refractivity contribution >= 4 is 28.9 Å². The zero-order chi connectivity index (χ0) is 16.8. The average molecular weight is 334 g/mol. The van der Waals surface area contributed by atoms with E-state index in [1.807, 2.05) is 54.6 Å². The summed E-state index contributed by atoms with van der Waals surface area (Å²) >= 11 is 0. The molecule has 0 radical (unpaired) electrons. The molecular formula is C20H19N2OP. The van der Waals surface area contributed by atoms with E-state index in [-0.39, 0.29) is 6.54 Å². The first-order valence-electron chi connectivity index (χ1n) is 7.77. The zero-order valence-corrected chi connectivity index (χ0v) is 14.1. The maximum Gasteiger partial charge on any atom is 0.239 e. The normalized spacial score (nSPS) is 11.0. The Morgan fingerprint density at radius 1 is 0.708 bits per heavy atom. The number of amides is 1. The lowest BCUT2D eigenvalue weighted by Crippen LogP contribution is -2.26. The fourth-order valence-electron chi connectivity index (χ4n) is 2.80. The smallest absolute Gasteiger partial charge is 0.239 e. The van der Waals surface area contributed by atoms with Gasteiger partial charge in [0.2, 0.25) is 5.91 Å². The van der Waals surface area contributed by atoms with E-state index in [1.165, 1.54) is 0 Å². The van der Waals surface area contributed by atoms with Crippen molar-refractivity contribution in [2.24, 2.45) is 10.5 Å². The van der Waals surface area contributed by atoms with Gasteiger partial charge in [0, 0.05) is 15.9 Å². The highest BCUT2D eigenvalue weighted by Gasteiger charge is 2.26. The van der Waals surface area contributed by atoms with Gasteiger partial charge in [-0.25, -0.2) is 0 Å². The molecular weight excluding hydrogens is 315 g/mol. The van der Waals surface area contributed by atoms with Crippen molar-refractivity contribution in [3.63, 3.8) is 0 Å². The van der Waals surface area contributed by atoms with Crippen LogP contribution in [-0.2, 0) is 4.79 Å². The molecule has 0 aliphatic heterocycles.